The second-order valence-electron chi connectivity index (χ2n) is 6.66. The third-order valence-corrected chi connectivity index (χ3v) is 4.79. The van der Waals surface area contributed by atoms with Gasteiger partial charge in [-0.05, 0) is 32.4 Å². The summed E-state index contributed by atoms with van der Waals surface area (Å²) >= 11 is 0. The number of aromatic nitrogens is 1. The van der Waals surface area contributed by atoms with Crippen molar-refractivity contribution in [3.05, 3.63) is 40.4 Å². The number of hydrogen-bond donors (Lipinski definition) is 1. The predicted octanol–water partition coefficient (Wildman–Crippen LogP) is 2.68. The van der Waals surface area contributed by atoms with Crippen LogP contribution < -0.4 is 0 Å². The number of nitrogens with zero attached hydrogens (tertiary/aromatic N) is 2. The molecule has 1 amide bonds. The van der Waals surface area contributed by atoms with Crippen LogP contribution in [0.25, 0.3) is 15.7 Å². The summed E-state index contributed by atoms with van der Waals surface area (Å²) < 4.78 is 5.23. The number of benzene rings is 1. The minimum atomic E-state index is -0.716. The van der Waals surface area contributed by atoms with Crippen LogP contribution in [0.2, 0.25) is 0 Å². The van der Waals surface area contributed by atoms with E-state index < -0.39 is 17.6 Å². The summed E-state index contributed by atoms with van der Waals surface area (Å²) in [5, 5.41) is 1.07. The number of carbonyl (C=O) groups is 2. The highest BCUT2D eigenvalue weighted by molar-refractivity contribution is 5.91. The molecule has 0 bridgehead atoms. The molecule has 1 aliphatic heterocycles. The van der Waals surface area contributed by atoms with Crippen LogP contribution in [-0.4, -0.2) is 41.0 Å². The van der Waals surface area contributed by atoms with Gasteiger partial charge in [0.25, 0.3) is 6.57 Å². The molecule has 1 aromatic carbocycles. The van der Waals surface area contributed by atoms with Crippen molar-refractivity contribution in [2.45, 2.75) is 38.8 Å². The summed E-state index contributed by atoms with van der Waals surface area (Å²) in [7, 11) is 0. The molecule has 130 valence electrons. The summed E-state index contributed by atoms with van der Waals surface area (Å²) in [6, 6.07) is 7.24. The minimum absolute atomic E-state index is 0.172. The highest BCUT2D eigenvalue weighted by atomic mass is 16.5. The predicted molar refractivity (Wildman–Crippen MR) is 95.5 cm³/mol. The van der Waals surface area contributed by atoms with E-state index in [1.165, 1.54) is 0 Å². The standard InChI is InChI=1S/C19H22N3O3/c1-5-25-18(24)15-10-13-12-8-6-7-9-14(12)21-17(13)19(2,3)22(15)16(23)11-20-4/h4,6-9,15,21H,5,10-11H2,1-3H3/q+1. The molecular weight excluding hydrogens is 318 g/mol. The van der Waals surface area contributed by atoms with E-state index in [4.69, 9.17) is 11.3 Å². The Hall–Kier alpha value is -2.81. The van der Waals surface area contributed by atoms with Crippen LogP contribution in [-0.2, 0) is 26.3 Å². The molecule has 0 aliphatic carbocycles. The summed E-state index contributed by atoms with van der Waals surface area (Å²) in [6.07, 6.45) is 0.401. The van der Waals surface area contributed by atoms with Gasteiger partial charge in [-0.1, -0.05) is 23.0 Å². The molecule has 3 rings (SSSR count). The van der Waals surface area contributed by atoms with Crippen molar-refractivity contribution < 1.29 is 14.3 Å². The molecule has 2 aromatic rings. The zero-order chi connectivity index (χ0) is 18.2. The molecule has 1 atom stereocenters. The van der Waals surface area contributed by atoms with Gasteiger partial charge in [-0.3, -0.25) is 4.79 Å². The molecule has 2 heterocycles. The molecule has 1 aromatic heterocycles. The molecule has 1 aliphatic rings. The van der Waals surface area contributed by atoms with Crippen molar-refractivity contribution in [2.75, 3.05) is 13.2 Å². The lowest BCUT2D eigenvalue weighted by Gasteiger charge is -2.45. The summed E-state index contributed by atoms with van der Waals surface area (Å²) in [6.45, 7) is 10.9. The quantitative estimate of drug-likeness (QED) is 0.874. The number of H-pyrrole nitrogens is 1. The molecule has 1 unspecified atom stereocenters. The van der Waals surface area contributed by atoms with E-state index in [0.717, 1.165) is 22.2 Å². The van der Waals surface area contributed by atoms with Gasteiger partial charge < -0.3 is 14.6 Å². The highest BCUT2D eigenvalue weighted by Crippen LogP contribution is 2.41. The number of hydrogen-bond acceptors (Lipinski definition) is 3. The fraction of sp³-hybridized carbons (Fsp3) is 0.421. The number of amides is 1. The first-order valence-corrected chi connectivity index (χ1v) is 8.37. The maximum Gasteiger partial charge on any atom is 0.340 e. The average molecular weight is 340 g/mol. The Morgan fingerprint density at radius 3 is 2.80 bits per heavy atom. The molecule has 6 heteroatoms. The van der Waals surface area contributed by atoms with Gasteiger partial charge in [0.05, 0.1) is 12.1 Å². The molecule has 1 N–H and O–H groups in total. The second kappa shape index (κ2) is 6.25. The van der Waals surface area contributed by atoms with E-state index in [0.29, 0.717) is 6.42 Å². The summed E-state index contributed by atoms with van der Waals surface area (Å²) in [5.41, 5.74) is 2.25. The fourth-order valence-electron chi connectivity index (χ4n) is 3.80. The number of esters is 1. The van der Waals surface area contributed by atoms with Gasteiger partial charge in [0.1, 0.15) is 6.04 Å². The summed E-state index contributed by atoms with van der Waals surface area (Å²) in [5.74, 6) is -0.702. The lowest BCUT2D eigenvalue weighted by atomic mass is 9.83. The molecule has 0 radical (unpaired) electrons. The van der Waals surface area contributed by atoms with Gasteiger partial charge in [0.2, 0.25) is 0 Å². The first-order chi connectivity index (χ1) is 11.9. The number of ether oxygens (including phenoxy) is 1. The van der Waals surface area contributed by atoms with Gasteiger partial charge in [-0.25, -0.2) is 4.79 Å². The van der Waals surface area contributed by atoms with Crippen LogP contribution in [0, 0.1) is 6.57 Å². The maximum atomic E-state index is 12.7. The largest absolute Gasteiger partial charge is 0.464 e. The van der Waals surface area contributed by atoms with Crippen LogP contribution in [0.4, 0.5) is 0 Å². The highest BCUT2D eigenvalue weighted by Gasteiger charge is 2.48. The SMILES string of the molecule is C#[N+]CC(=O)N1C(C(=O)OCC)Cc2c([nH]c3ccccc23)C1(C)C. The average Bonchev–Trinajstić information content (AvgIpc) is 2.94. The molecule has 0 spiro atoms. The van der Waals surface area contributed by atoms with E-state index in [9.17, 15) is 9.59 Å². The van der Waals surface area contributed by atoms with E-state index in [2.05, 4.69) is 9.83 Å². The third kappa shape index (κ3) is 2.66. The fourth-order valence-corrected chi connectivity index (χ4v) is 3.80. The topological polar surface area (TPSA) is 66.8 Å². The van der Waals surface area contributed by atoms with Crippen molar-refractivity contribution >= 4 is 22.8 Å². The first-order valence-electron chi connectivity index (χ1n) is 8.37. The van der Waals surface area contributed by atoms with E-state index in [1.54, 1.807) is 11.8 Å². The second-order valence-corrected chi connectivity index (χ2v) is 6.66. The Balaban J connectivity index is 2.18. The molecule has 0 fully saturated rings. The number of carbonyl (C=O) groups excluding carboxylic acids is 2. The number of fused-ring (bicyclic) bond motifs is 3. The Kier molecular flexibility index (Phi) is 4.25. The lowest BCUT2D eigenvalue weighted by Crippen LogP contribution is -2.59. The normalized spacial score (nSPS) is 18.5. The van der Waals surface area contributed by atoms with Crippen molar-refractivity contribution in [1.82, 2.24) is 9.88 Å². The molecule has 6 nitrogen and oxygen atoms in total. The zero-order valence-electron chi connectivity index (χ0n) is 14.7. The van der Waals surface area contributed by atoms with Crippen LogP contribution in [0.15, 0.2) is 24.3 Å². The number of para-hydroxylation sites is 1. The maximum absolute atomic E-state index is 12.7. The Morgan fingerprint density at radius 2 is 2.12 bits per heavy atom. The van der Waals surface area contributed by atoms with Crippen molar-refractivity contribution in [1.29, 1.82) is 0 Å². The smallest absolute Gasteiger partial charge is 0.340 e. The Labute approximate surface area is 146 Å². The van der Waals surface area contributed by atoms with E-state index in [-0.39, 0.29) is 19.1 Å². The number of rotatable bonds is 3. The van der Waals surface area contributed by atoms with Gasteiger partial charge in [0, 0.05) is 23.0 Å². The minimum Gasteiger partial charge on any atom is -0.464 e. The molecular formula is C19H22N3O3+. The summed E-state index contributed by atoms with van der Waals surface area (Å²) in [4.78, 5) is 33.7. The zero-order valence-corrected chi connectivity index (χ0v) is 14.7. The van der Waals surface area contributed by atoms with Gasteiger partial charge >= 0.3 is 18.4 Å². The van der Waals surface area contributed by atoms with Crippen LogP contribution in [0.1, 0.15) is 32.0 Å². The van der Waals surface area contributed by atoms with Gasteiger partial charge in [-0.15, -0.1) is 0 Å². The van der Waals surface area contributed by atoms with Gasteiger partial charge in [-0.2, -0.15) is 0 Å². The molecule has 0 saturated carbocycles. The van der Waals surface area contributed by atoms with E-state index in [1.807, 2.05) is 38.1 Å². The first kappa shape index (κ1) is 17.0. The van der Waals surface area contributed by atoms with E-state index >= 15 is 0 Å². The van der Waals surface area contributed by atoms with Crippen LogP contribution in [0.5, 0.6) is 0 Å². The van der Waals surface area contributed by atoms with Crippen LogP contribution in [0.3, 0.4) is 0 Å². The monoisotopic (exact) mass is 340 g/mol. The Bertz CT molecular complexity index is 876. The van der Waals surface area contributed by atoms with Crippen molar-refractivity contribution in [3.8, 4) is 6.57 Å². The number of aromatic amines is 1. The van der Waals surface area contributed by atoms with Gasteiger partial charge in [0.15, 0.2) is 0 Å². The Morgan fingerprint density at radius 1 is 1.40 bits per heavy atom. The van der Waals surface area contributed by atoms with Crippen molar-refractivity contribution in [3.63, 3.8) is 0 Å². The third-order valence-electron chi connectivity index (χ3n) is 4.79. The van der Waals surface area contributed by atoms with Crippen molar-refractivity contribution in [2.24, 2.45) is 0 Å². The van der Waals surface area contributed by atoms with Crippen LogP contribution >= 0.6 is 0 Å². The number of nitrogens with one attached hydrogen (secondary N) is 1. The molecule has 25 heavy (non-hydrogen) atoms. The molecule has 0 saturated heterocycles. The lowest BCUT2D eigenvalue weighted by molar-refractivity contribution is -0.160.